The van der Waals surface area contributed by atoms with Crippen LogP contribution < -0.4 is 5.73 Å². The monoisotopic (exact) mass is 351 g/mol. The standard InChI is InChI=1S/C14H17BrF3NO/c15-12-2-1-10(8-11(12)14(16,17)18)13(19)7-9-3-5-20-6-4-9/h1-2,8-9,13H,3-7,19H2. The van der Waals surface area contributed by atoms with Gasteiger partial charge in [0, 0.05) is 23.7 Å². The molecule has 1 aromatic rings. The van der Waals surface area contributed by atoms with Crippen molar-refractivity contribution in [3.63, 3.8) is 0 Å². The Morgan fingerprint density at radius 2 is 1.95 bits per heavy atom. The Morgan fingerprint density at radius 1 is 1.30 bits per heavy atom. The number of halogens is 4. The molecule has 0 radical (unpaired) electrons. The van der Waals surface area contributed by atoms with Crippen molar-refractivity contribution >= 4 is 15.9 Å². The van der Waals surface area contributed by atoms with Crippen LogP contribution in [-0.2, 0) is 10.9 Å². The summed E-state index contributed by atoms with van der Waals surface area (Å²) in [4.78, 5) is 0. The second-order valence-electron chi connectivity index (χ2n) is 5.13. The molecule has 6 heteroatoms. The van der Waals surface area contributed by atoms with Crippen molar-refractivity contribution in [1.82, 2.24) is 0 Å². The van der Waals surface area contributed by atoms with Crippen LogP contribution in [0.4, 0.5) is 13.2 Å². The molecule has 2 rings (SSSR count). The molecule has 0 spiro atoms. The zero-order valence-corrected chi connectivity index (χ0v) is 12.5. The van der Waals surface area contributed by atoms with Crippen LogP contribution in [0.5, 0.6) is 0 Å². The van der Waals surface area contributed by atoms with E-state index >= 15 is 0 Å². The number of alkyl halides is 3. The third kappa shape index (κ3) is 3.96. The molecule has 1 saturated heterocycles. The average Bonchev–Trinajstić information content (AvgIpc) is 2.39. The lowest BCUT2D eigenvalue weighted by molar-refractivity contribution is -0.138. The third-order valence-electron chi connectivity index (χ3n) is 3.65. The molecule has 1 aliphatic heterocycles. The Balaban J connectivity index is 2.11. The molecule has 20 heavy (non-hydrogen) atoms. The van der Waals surface area contributed by atoms with Gasteiger partial charge in [-0.05, 0) is 42.9 Å². The average molecular weight is 352 g/mol. The van der Waals surface area contributed by atoms with Gasteiger partial charge < -0.3 is 10.5 Å². The number of benzene rings is 1. The van der Waals surface area contributed by atoms with E-state index in [1.807, 2.05) is 0 Å². The minimum Gasteiger partial charge on any atom is -0.381 e. The lowest BCUT2D eigenvalue weighted by Crippen LogP contribution is -2.22. The Morgan fingerprint density at radius 3 is 2.55 bits per heavy atom. The molecule has 0 aromatic heterocycles. The smallest absolute Gasteiger partial charge is 0.381 e. The largest absolute Gasteiger partial charge is 0.417 e. The molecular weight excluding hydrogens is 335 g/mol. The lowest BCUT2D eigenvalue weighted by Gasteiger charge is -2.25. The van der Waals surface area contributed by atoms with Crippen molar-refractivity contribution in [1.29, 1.82) is 0 Å². The first kappa shape index (κ1) is 15.8. The molecule has 1 aliphatic rings. The van der Waals surface area contributed by atoms with Gasteiger partial charge in [-0.15, -0.1) is 0 Å². The van der Waals surface area contributed by atoms with E-state index in [1.54, 1.807) is 6.07 Å². The summed E-state index contributed by atoms with van der Waals surface area (Å²) in [7, 11) is 0. The maximum atomic E-state index is 12.9. The summed E-state index contributed by atoms with van der Waals surface area (Å²) in [6.07, 6.45) is -1.82. The van der Waals surface area contributed by atoms with Gasteiger partial charge in [-0.3, -0.25) is 0 Å². The fraction of sp³-hybridized carbons (Fsp3) is 0.571. The molecule has 112 valence electrons. The first-order chi connectivity index (χ1) is 9.38. The maximum absolute atomic E-state index is 12.9. The van der Waals surface area contributed by atoms with Gasteiger partial charge in [0.1, 0.15) is 0 Å². The normalized spacial score (nSPS) is 19.1. The highest BCUT2D eigenvalue weighted by Gasteiger charge is 2.33. The van der Waals surface area contributed by atoms with Gasteiger partial charge in [0.2, 0.25) is 0 Å². The highest BCUT2D eigenvalue weighted by Crippen LogP contribution is 2.37. The van der Waals surface area contributed by atoms with E-state index in [2.05, 4.69) is 15.9 Å². The van der Waals surface area contributed by atoms with Gasteiger partial charge in [0.25, 0.3) is 0 Å². The van der Waals surface area contributed by atoms with E-state index in [-0.39, 0.29) is 10.5 Å². The Hall–Kier alpha value is -0.590. The van der Waals surface area contributed by atoms with Crippen LogP contribution in [0.1, 0.15) is 36.4 Å². The van der Waals surface area contributed by atoms with Crippen LogP contribution >= 0.6 is 15.9 Å². The molecular formula is C14H17BrF3NO. The summed E-state index contributed by atoms with van der Waals surface area (Å²) in [5.41, 5.74) is 5.93. The third-order valence-corrected chi connectivity index (χ3v) is 4.34. The van der Waals surface area contributed by atoms with E-state index in [4.69, 9.17) is 10.5 Å². The van der Waals surface area contributed by atoms with Crippen LogP contribution in [0.15, 0.2) is 22.7 Å². The number of hydrogen-bond acceptors (Lipinski definition) is 2. The fourth-order valence-electron chi connectivity index (χ4n) is 2.47. The van der Waals surface area contributed by atoms with Crippen LogP contribution in [0, 0.1) is 5.92 Å². The summed E-state index contributed by atoms with van der Waals surface area (Å²) in [5.74, 6) is 0.428. The van der Waals surface area contributed by atoms with Crippen LogP contribution in [-0.4, -0.2) is 13.2 Å². The second-order valence-corrected chi connectivity index (χ2v) is 5.99. The topological polar surface area (TPSA) is 35.2 Å². The zero-order chi connectivity index (χ0) is 14.8. The second kappa shape index (κ2) is 6.45. The van der Waals surface area contributed by atoms with Crippen molar-refractivity contribution in [2.45, 2.75) is 31.5 Å². The molecule has 1 unspecified atom stereocenters. The fourth-order valence-corrected chi connectivity index (χ4v) is 2.94. The van der Waals surface area contributed by atoms with Crippen molar-refractivity contribution in [3.05, 3.63) is 33.8 Å². The highest BCUT2D eigenvalue weighted by atomic mass is 79.9. The van der Waals surface area contributed by atoms with Gasteiger partial charge in [0.15, 0.2) is 0 Å². The summed E-state index contributed by atoms with van der Waals surface area (Å²) in [5, 5.41) is 0. The summed E-state index contributed by atoms with van der Waals surface area (Å²) in [6.45, 7) is 1.43. The van der Waals surface area contributed by atoms with Crippen LogP contribution in [0.2, 0.25) is 0 Å². The van der Waals surface area contributed by atoms with E-state index < -0.39 is 11.7 Å². The van der Waals surface area contributed by atoms with Gasteiger partial charge >= 0.3 is 6.18 Å². The van der Waals surface area contributed by atoms with E-state index in [0.29, 0.717) is 31.1 Å². The SMILES string of the molecule is NC(CC1CCOCC1)c1ccc(Br)c(C(F)(F)F)c1. The first-order valence-corrected chi connectivity index (χ1v) is 7.37. The number of hydrogen-bond donors (Lipinski definition) is 1. The predicted octanol–water partition coefficient (Wildman–Crippen LogP) is 4.28. The van der Waals surface area contributed by atoms with Crippen LogP contribution in [0.3, 0.4) is 0 Å². The van der Waals surface area contributed by atoms with Crippen molar-refractivity contribution < 1.29 is 17.9 Å². The molecule has 2 N–H and O–H groups in total. The Labute approximate surface area is 124 Å². The van der Waals surface area contributed by atoms with Gasteiger partial charge in [0.05, 0.1) is 5.56 Å². The van der Waals surface area contributed by atoms with Gasteiger partial charge in [-0.2, -0.15) is 13.2 Å². The van der Waals surface area contributed by atoms with Crippen molar-refractivity contribution in [2.75, 3.05) is 13.2 Å². The number of ether oxygens (including phenoxy) is 1. The van der Waals surface area contributed by atoms with E-state index in [1.165, 1.54) is 6.07 Å². The molecule has 0 saturated carbocycles. The molecule has 0 amide bonds. The molecule has 0 aliphatic carbocycles. The summed E-state index contributed by atoms with van der Waals surface area (Å²) >= 11 is 2.94. The lowest BCUT2D eigenvalue weighted by atomic mass is 9.89. The predicted molar refractivity (Wildman–Crippen MR) is 74.2 cm³/mol. The molecule has 1 atom stereocenters. The van der Waals surface area contributed by atoms with Crippen LogP contribution in [0.25, 0.3) is 0 Å². The molecule has 1 fully saturated rings. The molecule has 0 bridgehead atoms. The quantitative estimate of drug-likeness (QED) is 0.881. The Kier molecular flexibility index (Phi) is 5.09. The molecule has 1 heterocycles. The minimum atomic E-state index is -4.37. The first-order valence-electron chi connectivity index (χ1n) is 6.58. The van der Waals surface area contributed by atoms with Crippen molar-refractivity contribution in [3.8, 4) is 0 Å². The van der Waals surface area contributed by atoms with E-state index in [9.17, 15) is 13.2 Å². The van der Waals surface area contributed by atoms with Gasteiger partial charge in [-0.25, -0.2) is 0 Å². The number of nitrogens with two attached hydrogens (primary N) is 1. The zero-order valence-electron chi connectivity index (χ0n) is 10.9. The summed E-state index contributed by atoms with van der Waals surface area (Å²) in [6, 6.07) is 3.85. The molecule has 2 nitrogen and oxygen atoms in total. The Bertz CT molecular complexity index is 458. The van der Waals surface area contributed by atoms with E-state index in [0.717, 1.165) is 18.9 Å². The molecule has 1 aromatic carbocycles. The highest BCUT2D eigenvalue weighted by molar-refractivity contribution is 9.10. The van der Waals surface area contributed by atoms with Gasteiger partial charge in [-0.1, -0.05) is 22.0 Å². The minimum absolute atomic E-state index is 0.0482. The van der Waals surface area contributed by atoms with Crippen molar-refractivity contribution in [2.24, 2.45) is 11.7 Å². The maximum Gasteiger partial charge on any atom is 0.417 e. The number of rotatable bonds is 3. The summed E-state index contributed by atoms with van der Waals surface area (Å²) < 4.78 is 43.9.